The average Bonchev–Trinajstić information content (AvgIpc) is 3.02. The van der Waals surface area contributed by atoms with Crippen LogP contribution in [0.4, 0.5) is 17.6 Å². The lowest BCUT2D eigenvalue weighted by molar-refractivity contribution is -0.138. The standard InChI is InChI=1S/C23H16F4N2O5/c24-16-8-12(23(25,26)27)4-6-14(16)20(32)28-10-11-2-1-3-15-19(11)22(34)29(21(15)33)17-7-5-13(30)9-18(17)31/h1-4,6,8,17H,5,7,9-10H2,(H,28,32). The summed E-state index contributed by atoms with van der Waals surface area (Å²) in [6.45, 7) is -0.327. The minimum absolute atomic E-state index is 0.0159. The van der Waals surface area contributed by atoms with E-state index in [4.69, 9.17) is 0 Å². The quantitative estimate of drug-likeness (QED) is 0.415. The Balaban J connectivity index is 1.54. The Bertz CT molecular complexity index is 1250. The van der Waals surface area contributed by atoms with Crippen molar-refractivity contribution in [2.24, 2.45) is 0 Å². The zero-order chi connectivity index (χ0) is 24.8. The molecule has 1 aliphatic heterocycles. The van der Waals surface area contributed by atoms with Gasteiger partial charge in [-0.05, 0) is 36.2 Å². The van der Waals surface area contributed by atoms with Gasteiger partial charge in [0.1, 0.15) is 11.6 Å². The highest BCUT2D eigenvalue weighted by molar-refractivity contribution is 6.24. The SMILES string of the molecule is O=C1CCC(N2C(=O)c3cccc(CNC(=O)c4ccc(C(F)(F)F)cc4F)c3C2=O)C(=O)C1. The van der Waals surface area contributed by atoms with E-state index in [1.54, 1.807) is 0 Å². The highest BCUT2D eigenvalue weighted by Crippen LogP contribution is 2.32. The Hall–Kier alpha value is -3.89. The predicted molar refractivity (Wildman–Crippen MR) is 107 cm³/mol. The normalized spacial score (nSPS) is 18.4. The first kappa shape index (κ1) is 23.3. The molecular weight excluding hydrogens is 460 g/mol. The monoisotopic (exact) mass is 476 g/mol. The Morgan fingerprint density at radius 2 is 1.79 bits per heavy atom. The smallest absolute Gasteiger partial charge is 0.348 e. The maximum Gasteiger partial charge on any atom is 0.416 e. The number of amides is 3. The van der Waals surface area contributed by atoms with E-state index < -0.39 is 52.7 Å². The lowest BCUT2D eigenvalue weighted by atomic mass is 9.92. The van der Waals surface area contributed by atoms with Crippen LogP contribution in [0.5, 0.6) is 0 Å². The second-order valence-corrected chi connectivity index (χ2v) is 7.93. The van der Waals surface area contributed by atoms with Gasteiger partial charge in [0.25, 0.3) is 17.7 Å². The molecule has 34 heavy (non-hydrogen) atoms. The summed E-state index contributed by atoms with van der Waals surface area (Å²) in [5.41, 5.74) is -1.68. The maximum atomic E-state index is 14.1. The number of imide groups is 1. The van der Waals surface area contributed by atoms with Gasteiger partial charge < -0.3 is 5.32 Å². The van der Waals surface area contributed by atoms with Crippen LogP contribution in [0.15, 0.2) is 36.4 Å². The Labute approximate surface area is 189 Å². The van der Waals surface area contributed by atoms with Crippen molar-refractivity contribution >= 4 is 29.3 Å². The van der Waals surface area contributed by atoms with Crippen LogP contribution in [0.25, 0.3) is 0 Å². The van der Waals surface area contributed by atoms with E-state index in [1.165, 1.54) is 18.2 Å². The van der Waals surface area contributed by atoms with Crippen molar-refractivity contribution in [3.05, 3.63) is 70.0 Å². The zero-order valence-corrected chi connectivity index (χ0v) is 17.4. The van der Waals surface area contributed by atoms with Gasteiger partial charge in [-0.2, -0.15) is 13.2 Å². The van der Waals surface area contributed by atoms with Gasteiger partial charge in [-0.1, -0.05) is 12.1 Å². The van der Waals surface area contributed by atoms with Crippen LogP contribution in [0.1, 0.15) is 61.5 Å². The molecule has 0 radical (unpaired) electrons. The summed E-state index contributed by atoms with van der Waals surface area (Å²) in [6, 6.07) is 4.72. The molecular formula is C23H16F4N2O5. The molecule has 1 aliphatic carbocycles. The molecule has 1 unspecified atom stereocenters. The Morgan fingerprint density at radius 1 is 1.06 bits per heavy atom. The average molecular weight is 476 g/mol. The van der Waals surface area contributed by atoms with Crippen molar-refractivity contribution in [3.8, 4) is 0 Å². The highest BCUT2D eigenvalue weighted by Gasteiger charge is 2.45. The summed E-state index contributed by atoms with van der Waals surface area (Å²) in [5, 5.41) is 2.33. The molecule has 1 fully saturated rings. The number of Topliss-reactive ketones (excluding diaryl/α,β-unsaturated/α-hetero) is 2. The molecule has 0 saturated heterocycles. The minimum Gasteiger partial charge on any atom is -0.348 e. The predicted octanol–water partition coefficient (Wildman–Crippen LogP) is 3.06. The zero-order valence-electron chi connectivity index (χ0n) is 17.4. The van der Waals surface area contributed by atoms with Crippen LogP contribution >= 0.6 is 0 Å². The number of ketones is 2. The van der Waals surface area contributed by atoms with Gasteiger partial charge in [-0.3, -0.25) is 28.9 Å². The van der Waals surface area contributed by atoms with E-state index in [1.807, 2.05) is 0 Å². The first-order valence-corrected chi connectivity index (χ1v) is 10.2. The second-order valence-electron chi connectivity index (χ2n) is 7.93. The lowest BCUT2D eigenvalue weighted by Gasteiger charge is -2.27. The molecule has 0 bridgehead atoms. The van der Waals surface area contributed by atoms with Gasteiger partial charge in [0, 0.05) is 13.0 Å². The molecule has 176 valence electrons. The van der Waals surface area contributed by atoms with Gasteiger partial charge in [0.05, 0.1) is 34.7 Å². The fraction of sp³-hybridized carbons (Fsp3) is 0.261. The summed E-state index contributed by atoms with van der Waals surface area (Å²) in [5.74, 6) is -4.63. The summed E-state index contributed by atoms with van der Waals surface area (Å²) in [4.78, 5) is 62.8. The Kier molecular flexibility index (Phi) is 5.80. The molecule has 7 nitrogen and oxygen atoms in total. The third-order valence-corrected chi connectivity index (χ3v) is 5.76. The molecule has 2 aliphatic rings. The number of hydrogen-bond donors (Lipinski definition) is 1. The molecule has 1 saturated carbocycles. The third kappa shape index (κ3) is 4.09. The summed E-state index contributed by atoms with van der Waals surface area (Å²) < 4.78 is 52.2. The molecule has 0 aromatic heterocycles. The number of benzene rings is 2. The minimum atomic E-state index is -4.77. The van der Waals surface area contributed by atoms with Gasteiger partial charge >= 0.3 is 6.18 Å². The number of carbonyl (C=O) groups excluding carboxylic acids is 5. The first-order valence-electron chi connectivity index (χ1n) is 10.2. The van der Waals surface area contributed by atoms with Crippen LogP contribution in [0, 0.1) is 5.82 Å². The van der Waals surface area contributed by atoms with E-state index in [2.05, 4.69) is 5.32 Å². The number of carbonyl (C=O) groups is 5. The van der Waals surface area contributed by atoms with Crippen molar-refractivity contribution in [1.29, 1.82) is 0 Å². The van der Waals surface area contributed by atoms with Gasteiger partial charge in [-0.15, -0.1) is 0 Å². The highest BCUT2D eigenvalue weighted by atomic mass is 19.4. The molecule has 3 amide bonds. The lowest BCUT2D eigenvalue weighted by Crippen LogP contribution is -2.47. The molecule has 1 N–H and O–H groups in total. The summed E-state index contributed by atoms with van der Waals surface area (Å²) >= 11 is 0. The molecule has 0 spiro atoms. The number of nitrogens with one attached hydrogen (secondary N) is 1. The van der Waals surface area contributed by atoms with E-state index in [-0.39, 0.29) is 54.3 Å². The third-order valence-electron chi connectivity index (χ3n) is 5.76. The van der Waals surface area contributed by atoms with Crippen LogP contribution in [0.2, 0.25) is 0 Å². The van der Waals surface area contributed by atoms with Gasteiger partial charge in [0.2, 0.25) is 0 Å². The van der Waals surface area contributed by atoms with Gasteiger partial charge in [-0.25, -0.2) is 4.39 Å². The maximum absolute atomic E-state index is 14.1. The number of alkyl halides is 3. The number of fused-ring (bicyclic) bond motifs is 1. The molecule has 2 aromatic carbocycles. The van der Waals surface area contributed by atoms with E-state index >= 15 is 0 Å². The number of hydrogen-bond acceptors (Lipinski definition) is 5. The topological polar surface area (TPSA) is 101 Å². The van der Waals surface area contributed by atoms with E-state index in [0.717, 1.165) is 4.90 Å². The van der Waals surface area contributed by atoms with Crippen molar-refractivity contribution < 1.29 is 41.5 Å². The molecule has 4 rings (SSSR count). The van der Waals surface area contributed by atoms with Crippen LogP contribution in [-0.4, -0.2) is 40.2 Å². The van der Waals surface area contributed by atoms with Crippen molar-refractivity contribution in [1.82, 2.24) is 10.2 Å². The van der Waals surface area contributed by atoms with Crippen molar-refractivity contribution in [3.63, 3.8) is 0 Å². The van der Waals surface area contributed by atoms with Crippen molar-refractivity contribution in [2.45, 2.75) is 38.0 Å². The van der Waals surface area contributed by atoms with Crippen LogP contribution in [0.3, 0.4) is 0 Å². The molecule has 2 aromatic rings. The van der Waals surface area contributed by atoms with E-state index in [9.17, 15) is 41.5 Å². The van der Waals surface area contributed by atoms with Crippen LogP contribution < -0.4 is 5.32 Å². The summed E-state index contributed by atoms with van der Waals surface area (Å²) in [6.07, 6.45) is -5.04. The fourth-order valence-electron chi connectivity index (χ4n) is 4.08. The number of halogens is 4. The number of rotatable bonds is 4. The van der Waals surface area contributed by atoms with Crippen molar-refractivity contribution in [2.75, 3.05) is 0 Å². The first-order chi connectivity index (χ1) is 16.0. The molecule has 1 heterocycles. The molecule has 1 atom stereocenters. The number of nitrogens with zero attached hydrogens (tertiary/aromatic N) is 1. The second kappa shape index (κ2) is 8.47. The van der Waals surface area contributed by atoms with Gasteiger partial charge in [0.15, 0.2) is 5.78 Å². The Morgan fingerprint density at radius 3 is 2.44 bits per heavy atom. The van der Waals surface area contributed by atoms with Crippen LogP contribution in [-0.2, 0) is 22.3 Å². The van der Waals surface area contributed by atoms with E-state index in [0.29, 0.717) is 12.1 Å². The molecule has 11 heteroatoms. The fourth-order valence-corrected chi connectivity index (χ4v) is 4.08. The summed E-state index contributed by atoms with van der Waals surface area (Å²) in [7, 11) is 0. The largest absolute Gasteiger partial charge is 0.416 e.